The summed E-state index contributed by atoms with van der Waals surface area (Å²) < 4.78 is 0. The quantitative estimate of drug-likeness (QED) is 0.778. The third kappa shape index (κ3) is 3.56. The van der Waals surface area contributed by atoms with Crippen LogP contribution in [0.5, 0.6) is 0 Å². The summed E-state index contributed by atoms with van der Waals surface area (Å²) in [6.45, 7) is 6.55. The molecule has 1 aromatic rings. The summed E-state index contributed by atoms with van der Waals surface area (Å²) in [7, 11) is 0. The number of rotatable bonds is 5. The molecule has 2 atom stereocenters. The minimum absolute atomic E-state index is 0.151. The van der Waals surface area contributed by atoms with Crippen LogP contribution in [0.4, 0.5) is 5.69 Å². The van der Waals surface area contributed by atoms with Crippen LogP contribution in [0, 0.1) is 12.8 Å². The van der Waals surface area contributed by atoms with Crippen molar-refractivity contribution in [3.05, 3.63) is 29.8 Å². The van der Waals surface area contributed by atoms with Crippen molar-refractivity contribution in [1.29, 1.82) is 0 Å². The lowest BCUT2D eigenvalue weighted by Gasteiger charge is -2.23. The largest absolute Gasteiger partial charge is 0.394 e. The molecule has 2 N–H and O–H groups in total. The average Bonchev–Trinajstić information content (AvgIpc) is 2.27. The molecular formula is C13H21NO. The van der Waals surface area contributed by atoms with Crippen LogP contribution < -0.4 is 5.32 Å². The van der Waals surface area contributed by atoms with E-state index in [0.717, 1.165) is 12.1 Å². The van der Waals surface area contributed by atoms with Crippen molar-refractivity contribution in [3.63, 3.8) is 0 Å². The second-order valence-electron chi connectivity index (χ2n) is 4.18. The summed E-state index contributed by atoms with van der Waals surface area (Å²) >= 11 is 0. The Labute approximate surface area is 92.3 Å². The van der Waals surface area contributed by atoms with Gasteiger partial charge in [0, 0.05) is 5.69 Å². The van der Waals surface area contributed by atoms with Gasteiger partial charge in [-0.25, -0.2) is 0 Å². The lowest BCUT2D eigenvalue weighted by molar-refractivity contribution is 0.241. The zero-order valence-electron chi connectivity index (χ0n) is 9.83. The first-order valence-corrected chi connectivity index (χ1v) is 5.61. The first-order chi connectivity index (χ1) is 7.17. The number of hydrogen-bond donors (Lipinski definition) is 2. The van der Waals surface area contributed by atoms with Gasteiger partial charge in [-0.1, -0.05) is 38.0 Å². The molecule has 0 radical (unpaired) electrons. The fourth-order valence-corrected chi connectivity index (χ4v) is 1.52. The minimum atomic E-state index is 0.151. The summed E-state index contributed by atoms with van der Waals surface area (Å²) in [5.41, 5.74) is 2.34. The third-order valence-corrected chi connectivity index (χ3v) is 2.93. The van der Waals surface area contributed by atoms with Crippen LogP contribution in [0.1, 0.15) is 25.8 Å². The highest BCUT2D eigenvalue weighted by Gasteiger charge is 2.13. The summed E-state index contributed by atoms with van der Waals surface area (Å²) in [5, 5.41) is 12.6. The van der Waals surface area contributed by atoms with Crippen molar-refractivity contribution in [3.8, 4) is 0 Å². The van der Waals surface area contributed by atoms with Crippen LogP contribution in [-0.4, -0.2) is 17.8 Å². The van der Waals surface area contributed by atoms with Crippen LogP contribution >= 0.6 is 0 Å². The van der Waals surface area contributed by atoms with Gasteiger partial charge in [0.05, 0.1) is 12.6 Å². The topological polar surface area (TPSA) is 32.3 Å². The highest BCUT2D eigenvalue weighted by atomic mass is 16.3. The van der Waals surface area contributed by atoms with Crippen molar-refractivity contribution < 1.29 is 5.11 Å². The van der Waals surface area contributed by atoms with Crippen LogP contribution in [0.3, 0.4) is 0 Å². The molecule has 0 aromatic heterocycles. The molecule has 84 valence electrons. The van der Waals surface area contributed by atoms with Gasteiger partial charge in [0.15, 0.2) is 0 Å². The fourth-order valence-electron chi connectivity index (χ4n) is 1.52. The Hall–Kier alpha value is -1.02. The number of hydrogen-bond acceptors (Lipinski definition) is 2. The standard InChI is InChI=1S/C13H21NO/c1-4-11(3)13(9-15)14-12-7-5-10(2)6-8-12/h5-8,11,13-15H,4,9H2,1-3H3. The van der Waals surface area contributed by atoms with Crippen LogP contribution in [-0.2, 0) is 0 Å². The molecule has 2 heteroatoms. The smallest absolute Gasteiger partial charge is 0.0635 e. The Bertz CT molecular complexity index is 281. The molecule has 1 rings (SSSR count). The molecule has 0 spiro atoms. The first kappa shape index (κ1) is 12.1. The monoisotopic (exact) mass is 207 g/mol. The van der Waals surface area contributed by atoms with Gasteiger partial charge in [-0.2, -0.15) is 0 Å². The van der Waals surface area contributed by atoms with Crippen molar-refractivity contribution in [1.82, 2.24) is 0 Å². The average molecular weight is 207 g/mol. The van der Waals surface area contributed by atoms with E-state index in [4.69, 9.17) is 0 Å². The van der Waals surface area contributed by atoms with E-state index in [1.807, 2.05) is 0 Å². The van der Waals surface area contributed by atoms with Crippen molar-refractivity contribution in [2.75, 3.05) is 11.9 Å². The van der Waals surface area contributed by atoms with Gasteiger partial charge < -0.3 is 10.4 Å². The summed E-state index contributed by atoms with van der Waals surface area (Å²) in [5.74, 6) is 0.483. The number of benzene rings is 1. The Kier molecular flexibility index (Phi) is 4.63. The van der Waals surface area contributed by atoms with Crippen LogP contribution in [0.15, 0.2) is 24.3 Å². The molecule has 0 aliphatic heterocycles. The summed E-state index contributed by atoms with van der Waals surface area (Å²) in [6, 6.07) is 8.42. The maximum atomic E-state index is 9.28. The van der Waals surface area contributed by atoms with Crippen molar-refractivity contribution in [2.24, 2.45) is 5.92 Å². The van der Waals surface area contributed by atoms with Gasteiger partial charge in [-0.15, -0.1) is 0 Å². The molecule has 0 heterocycles. The summed E-state index contributed by atoms with van der Waals surface area (Å²) in [4.78, 5) is 0. The van der Waals surface area contributed by atoms with Gasteiger partial charge in [-0.3, -0.25) is 0 Å². The predicted molar refractivity (Wildman–Crippen MR) is 65.1 cm³/mol. The zero-order valence-corrected chi connectivity index (χ0v) is 9.83. The first-order valence-electron chi connectivity index (χ1n) is 5.61. The third-order valence-electron chi connectivity index (χ3n) is 2.93. The molecular weight excluding hydrogens is 186 g/mol. The van der Waals surface area contributed by atoms with Crippen molar-refractivity contribution >= 4 is 5.69 Å². The summed E-state index contributed by atoms with van der Waals surface area (Å²) in [6.07, 6.45) is 1.07. The number of nitrogens with one attached hydrogen (secondary N) is 1. The maximum absolute atomic E-state index is 9.28. The van der Waals surface area contributed by atoms with E-state index < -0.39 is 0 Å². The molecule has 0 amide bonds. The molecule has 2 nitrogen and oxygen atoms in total. The Morgan fingerprint density at radius 3 is 2.33 bits per heavy atom. The number of aliphatic hydroxyl groups is 1. The molecule has 0 aliphatic carbocycles. The molecule has 2 unspecified atom stereocenters. The van der Waals surface area contributed by atoms with Gasteiger partial charge >= 0.3 is 0 Å². The van der Waals surface area contributed by atoms with Crippen LogP contribution in [0.2, 0.25) is 0 Å². The SMILES string of the molecule is CCC(C)C(CO)Nc1ccc(C)cc1. The van der Waals surface area contributed by atoms with Gasteiger partial charge in [-0.05, 0) is 25.0 Å². The van der Waals surface area contributed by atoms with E-state index in [1.165, 1.54) is 5.56 Å². The second-order valence-corrected chi connectivity index (χ2v) is 4.18. The Morgan fingerprint density at radius 1 is 1.27 bits per heavy atom. The van der Waals surface area contributed by atoms with Gasteiger partial charge in [0.1, 0.15) is 0 Å². The number of anilines is 1. The molecule has 0 saturated heterocycles. The van der Waals surface area contributed by atoms with E-state index in [9.17, 15) is 5.11 Å². The van der Waals surface area contributed by atoms with Crippen LogP contribution in [0.25, 0.3) is 0 Å². The fraction of sp³-hybridized carbons (Fsp3) is 0.538. The normalized spacial score (nSPS) is 14.7. The number of aliphatic hydroxyl groups excluding tert-OH is 1. The van der Waals surface area contributed by atoms with E-state index in [-0.39, 0.29) is 12.6 Å². The van der Waals surface area contributed by atoms with Crippen molar-refractivity contribution in [2.45, 2.75) is 33.2 Å². The lowest BCUT2D eigenvalue weighted by Crippen LogP contribution is -2.30. The zero-order chi connectivity index (χ0) is 11.3. The molecule has 1 aromatic carbocycles. The van der Waals surface area contributed by atoms with E-state index in [2.05, 4.69) is 50.4 Å². The molecule has 0 aliphatic rings. The van der Waals surface area contributed by atoms with Gasteiger partial charge in [0.2, 0.25) is 0 Å². The lowest BCUT2D eigenvalue weighted by atomic mass is 9.99. The Morgan fingerprint density at radius 2 is 1.87 bits per heavy atom. The molecule has 15 heavy (non-hydrogen) atoms. The molecule has 0 saturated carbocycles. The van der Waals surface area contributed by atoms with E-state index in [0.29, 0.717) is 5.92 Å². The Balaban J connectivity index is 2.62. The highest BCUT2D eigenvalue weighted by molar-refractivity contribution is 5.45. The van der Waals surface area contributed by atoms with E-state index in [1.54, 1.807) is 0 Å². The van der Waals surface area contributed by atoms with E-state index >= 15 is 0 Å². The molecule has 0 fully saturated rings. The second kappa shape index (κ2) is 5.76. The van der Waals surface area contributed by atoms with Gasteiger partial charge in [0.25, 0.3) is 0 Å². The molecule has 0 bridgehead atoms. The maximum Gasteiger partial charge on any atom is 0.0635 e. The highest BCUT2D eigenvalue weighted by Crippen LogP contribution is 2.15. The predicted octanol–water partition coefficient (Wildman–Crippen LogP) is 2.81. The number of aryl methyl sites for hydroxylation is 1. The minimum Gasteiger partial charge on any atom is -0.394 e.